The van der Waals surface area contributed by atoms with Crippen molar-refractivity contribution in [3.63, 3.8) is 0 Å². The number of nitrogens with one attached hydrogen (secondary N) is 8. The van der Waals surface area contributed by atoms with E-state index in [0.29, 0.717) is 11.8 Å². The van der Waals surface area contributed by atoms with E-state index in [1.54, 1.807) is 0 Å². The van der Waals surface area contributed by atoms with Crippen LogP contribution < -0.4 is 42.5 Å². The zero-order valence-electron chi connectivity index (χ0n) is 29.8. The van der Waals surface area contributed by atoms with Gasteiger partial charge in [-0.25, -0.2) is 0 Å². The van der Waals surface area contributed by atoms with Gasteiger partial charge < -0.3 is 0 Å². The predicted octanol–water partition coefficient (Wildman–Crippen LogP) is -0.376. The molecule has 290 valence electrons. The van der Waals surface area contributed by atoms with Crippen molar-refractivity contribution in [3.8, 4) is 0 Å². The molecule has 20 atom stereocenters. The summed E-state index contributed by atoms with van der Waals surface area (Å²) in [5, 5.41) is 81.0. The molecule has 5 saturated heterocycles. The smallest absolute Gasteiger partial charge is 0.286 e. The Morgan fingerprint density at radius 3 is 0.717 bits per heavy atom. The van der Waals surface area contributed by atoms with E-state index >= 15 is 0 Å². The Morgan fingerprint density at radius 2 is 0.509 bits per heavy atom. The normalized spacial score (nSPS) is 51.5. The minimum atomic E-state index is -2.38. The largest absolute Gasteiger partial charge is 0.351 e. The summed E-state index contributed by atoms with van der Waals surface area (Å²) in [5.74, 6) is -0.811. The molecule has 0 aromatic heterocycles. The van der Waals surface area contributed by atoms with E-state index in [4.69, 9.17) is 0 Å². The molecule has 4 aliphatic carbocycles. The van der Waals surface area contributed by atoms with Crippen molar-refractivity contribution in [1.82, 2.24) is 42.5 Å². The molecule has 5 aliphatic heterocycles. The maximum atomic E-state index is 12.9. The predicted molar refractivity (Wildman–Crippen MR) is 182 cm³/mol. The van der Waals surface area contributed by atoms with Crippen molar-refractivity contribution in [2.75, 3.05) is 0 Å². The second kappa shape index (κ2) is 14.8. The van der Waals surface area contributed by atoms with Gasteiger partial charge in [-0.15, -0.1) is 0 Å². The van der Waals surface area contributed by atoms with Crippen LogP contribution in [0.25, 0.3) is 0 Å². The molecule has 9 aliphatic rings. The molecule has 20 unspecified atom stereocenters. The molecule has 0 amide bonds. The average molecular weight is 798 g/mol. The van der Waals surface area contributed by atoms with Crippen LogP contribution in [0.1, 0.15) is 77.0 Å². The van der Waals surface area contributed by atoms with Crippen molar-refractivity contribution < 1.29 is 39.2 Å². The molecule has 20 nitrogen and oxygen atoms in total. The fourth-order valence-corrected chi connectivity index (χ4v) is 13.1. The van der Waals surface area contributed by atoms with Crippen molar-refractivity contribution in [1.29, 1.82) is 0 Å². The molecular weight excluding hydrogens is 746 g/mol. The van der Waals surface area contributed by atoms with Crippen molar-refractivity contribution >= 4 is 0 Å². The quantitative estimate of drug-likeness (QED) is 0.102. The summed E-state index contributed by atoms with van der Waals surface area (Å²) in [4.78, 5) is 47.2. The van der Waals surface area contributed by atoms with Gasteiger partial charge in [0.2, 0.25) is 0 Å². The molecular formula is C32H52N12O8Zn. The van der Waals surface area contributed by atoms with E-state index in [2.05, 4.69) is 42.5 Å². The van der Waals surface area contributed by atoms with Gasteiger partial charge in [-0.3, -0.25) is 83.0 Å². The van der Waals surface area contributed by atoms with Crippen molar-refractivity contribution in [2.24, 2.45) is 47.3 Å². The molecule has 8 N–H and O–H groups in total. The van der Waals surface area contributed by atoms with Crippen LogP contribution in [0.3, 0.4) is 0 Å². The van der Waals surface area contributed by atoms with Gasteiger partial charge in [-0.2, -0.15) is 0 Å². The number of rotatable bonds is 4. The van der Waals surface area contributed by atoms with Crippen LogP contribution in [-0.4, -0.2) is 93.2 Å². The van der Waals surface area contributed by atoms with Gasteiger partial charge in [-0.05, 0) is 74.0 Å². The van der Waals surface area contributed by atoms with Crippen molar-refractivity contribution in [3.05, 3.63) is 40.5 Å². The third-order valence-electron chi connectivity index (χ3n) is 15.1. The van der Waals surface area contributed by atoms with Crippen LogP contribution in [0.4, 0.5) is 0 Å². The van der Waals surface area contributed by atoms with Crippen LogP contribution in [0.2, 0.25) is 0 Å². The monoisotopic (exact) mass is 796 g/mol. The SMILES string of the molecule is O=[N+]([O-])C1C2C3NC4NC(NC5NC(NC6NC(NC(N3)C2C([N+](=O)[O-])C([N+](=O)[O-])C1[N+](=O)[O-])C1CCCCC61)C1CCCCC51)C1CCCCC41.[Zn]. The molecule has 5 heterocycles. The van der Waals surface area contributed by atoms with Gasteiger partial charge >= 0.3 is 12.1 Å². The molecule has 0 spiro atoms. The van der Waals surface area contributed by atoms with Crippen LogP contribution >= 0.6 is 0 Å². The Balaban J connectivity index is 0.00000400. The standard InChI is InChI=1S/C32H52N12O8.Zn/c45-41(46)21-19-20(22(42(47)48)24(44(51)52)23(21)43(49)50)32-39-30-18-12-6-4-10-16(18)28(37-30)35-26-14-8-2-1-7-13(14)25(33-26)34-27-15-9-3-5-11-17(15)29(36-27)38-31(19)40-32;/h13-40H,1-12H2;. The van der Waals surface area contributed by atoms with Gasteiger partial charge in [0.1, 0.15) is 0 Å². The minimum Gasteiger partial charge on any atom is -0.286 e. The summed E-state index contributed by atoms with van der Waals surface area (Å²) in [6, 6.07) is -8.81. The molecule has 0 aromatic rings. The van der Waals surface area contributed by atoms with E-state index in [1.165, 1.54) is 12.8 Å². The topological polar surface area (TPSA) is 269 Å². The summed E-state index contributed by atoms with van der Waals surface area (Å²) in [7, 11) is 0. The number of hydrogen-bond acceptors (Lipinski definition) is 16. The Morgan fingerprint density at radius 1 is 0.321 bits per heavy atom. The van der Waals surface area contributed by atoms with E-state index in [1.807, 2.05) is 0 Å². The fraction of sp³-hybridized carbons (Fsp3) is 1.00. The Hall–Kier alpha value is -2.10. The van der Waals surface area contributed by atoms with Gasteiger partial charge in [-0.1, -0.05) is 38.5 Å². The van der Waals surface area contributed by atoms with Crippen LogP contribution in [0, 0.1) is 87.8 Å². The van der Waals surface area contributed by atoms with E-state index in [-0.39, 0.29) is 80.1 Å². The Labute approximate surface area is 319 Å². The van der Waals surface area contributed by atoms with Crippen LogP contribution in [0.15, 0.2) is 0 Å². The van der Waals surface area contributed by atoms with Gasteiger partial charge in [0, 0.05) is 39.2 Å². The first-order valence-electron chi connectivity index (χ1n) is 19.7. The third kappa shape index (κ3) is 6.29. The summed E-state index contributed by atoms with van der Waals surface area (Å²) in [5.41, 5.74) is 0. The summed E-state index contributed by atoms with van der Waals surface area (Å²) in [6.07, 6.45) is 10.1. The first-order valence-corrected chi connectivity index (χ1v) is 19.7. The zero-order chi connectivity index (χ0) is 36.0. The fourth-order valence-electron chi connectivity index (χ4n) is 13.1. The molecule has 4 saturated carbocycles. The zero-order valence-corrected chi connectivity index (χ0v) is 32.8. The van der Waals surface area contributed by atoms with Crippen LogP contribution in [0.5, 0.6) is 0 Å². The second-order valence-corrected chi connectivity index (χ2v) is 17.2. The maximum absolute atomic E-state index is 12.9. The van der Waals surface area contributed by atoms with E-state index in [0.717, 1.165) is 64.2 Å². The first kappa shape index (κ1) is 37.8. The summed E-state index contributed by atoms with van der Waals surface area (Å²) < 4.78 is 0. The minimum absolute atomic E-state index is 0. The second-order valence-electron chi connectivity index (χ2n) is 17.2. The van der Waals surface area contributed by atoms with Gasteiger partial charge in [0.15, 0.2) is 0 Å². The number of hydrogen-bond donors (Lipinski definition) is 8. The van der Waals surface area contributed by atoms with Gasteiger partial charge in [0.05, 0.1) is 61.2 Å². The molecule has 0 radical (unpaired) electrons. The van der Waals surface area contributed by atoms with Crippen molar-refractivity contribution in [2.45, 2.75) is 151 Å². The van der Waals surface area contributed by atoms with Crippen LogP contribution in [-0.2, 0) is 19.5 Å². The Bertz CT molecular complexity index is 1350. The first-order chi connectivity index (χ1) is 25.1. The molecule has 0 aromatic carbocycles. The third-order valence-corrected chi connectivity index (χ3v) is 15.1. The summed E-state index contributed by atoms with van der Waals surface area (Å²) in [6.45, 7) is 0. The number of fused-ring (bicyclic) bond motifs is 20. The van der Waals surface area contributed by atoms with E-state index in [9.17, 15) is 40.5 Å². The average Bonchev–Trinajstić information content (AvgIpc) is 3.86. The summed E-state index contributed by atoms with van der Waals surface area (Å²) >= 11 is 0. The number of nitro groups is 4. The Kier molecular flexibility index (Phi) is 10.5. The number of nitrogens with zero attached hydrogens (tertiary/aromatic N) is 4. The molecule has 9 rings (SSSR count). The van der Waals surface area contributed by atoms with E-state index < -0.39 is 68.0 Å². The van der Waals surface area contributed by atoms with Gasteiger partial charge in [0.25, 0.3) is 12.1 Å². The molecule has 21 heteroatoms. The molecule has 9 fully saturated rings. The maximum Gasteiger partial charge on any atom is 0.351 e. The molecule has 8 bridgehead atoms. The molecule has 53 heavy (non-hydrogen) atoms.